The number of carbonyl (C=O) groups is 2. The van der Waals surface area contributed by atoms with Gasteiger partial charge in [0.05, 0.1) is 14.2 Å². The fourth-order valence-electron chi connectivity index (χ4n) is 3.32. The largest absolute Gasteiger partial charge is 0.497 e. The van der Waals surface area contributed by atoms with E-state index in [1.54, 1.807) is 23.6 Å². The van der Waals surface area contributed by atoms with Crippen molar-refractivity contribution in [2.75, 3.05) is 27.8 Å². The molecule has 0 unspecified atom stereocenters. The van der Waals surface area contributed by atoms with Crippen molar-refractivity contribution in [3.8, 4) is 5.75 Å². The van der Waals surface area contributed by atoms with Crippen LogP contribution in [-0.4, -0.2) is 49.2 Å². The van der Waals surface area contributed by atoms with Crippen LogP contribution in [0.2, 0.25) is 0 Å². The molecule has 0 radical (unpaired) electrons. The minimum Gasteiger partial charge on any atom is -0.497 e. The standard InChI is InChI=1S/C18H22N2O4/c1-19-9-5-4-6-13-14-10-12(23-2)7-8-15(14)20(11-16(21)24-3)17(13)18(19)22/h7-8,10H,4-6,9,11H2,1-3H3. The van der Waals surface area contributed by atoms with Gasteiger partial charge in [-0.25, -0.2) is 0 Å². The summed E-state index contributed by atoms with van der Waals surface area (Å²) in [5, 5.41) is 0.969. The van der Waals surface area contributed by atoms with Crippen LogP contribution in [0.1, 0.15) is 28.9 Å². The monoisotopic (exact) mass is 330 g/mol. The van der Waals surface area contributed by atoms with Crippen LogP contribution >= 0.6 is 0 Å². The van der Waals surface area contributed by atoms with Gasteiger partial charge in [0, 0.05) is 24.5 Å². The first-order valence-corrected chi connectivity index (χ1v) is 8.08. The molecule has 6 nitrogen and oxygen atoms in total. The molecule has 128 valence electrons. The molecule has 24 heavy (non-hydrogen) atoms. The Kier molecular flexibility index (Phi) is 4.46. The van der Waals surface area contributed by atoms with Crippen molar-refractivity contribution in [3.63, 3.8) is 0 Å². The number of nitrogens with zero attached hydrogens (tertiary/aromatic N) is 2. The highest BCUT2D eigenvalue weighted by atomic mass is 16.5. The van der Waals surface area contributed by atoms with E-state index in [1.165, 1.54) is 7.11 Å². The van der Waals surface area contributed by atoms with Crippen molar-refractivity contribution in [2.45, 2.75) is 25.8 Å². The van der Waals surface area contributed by atoms with E-state index in [9.17, 15) is 9.59 Å². The maximum atomic E-state index is 12.9. The van der Waals surface area contributed by atoms with Gasteiger partial charge in [0.25, 0.3) is 5.91 Å². The number of methoxy groups -OCH3 is 2. The van der Waals surface area contributed by atoms with Crippen LogP contribution in [0.3, 0.4) is 0 Å². The van der Waals surface area contributed by atoms with E-state index >= 15 is 0 Å². The molecule has 0 N–H and O–H groups in total. The Hall–Kier alpha value is -2.50. The van der Waals surface area contributed by atoms with Crippen molar-refractivity contribution in [2.24, 2.45) is 0 Å². The lowest BCUT2D eigenvalue weighted by atomic mass is 10.0. The van der Waals surface area contributed by atoms with Gasteiger partial charge in [-0.1, -0.05) is 0 Å². The summed E-state index contributed by atoms with van der Waals surface area (Å²) in [7, 11) is 4.78. The molecule has 0 atom stereocenters. The lowest BCUT2D eigenvalue weighted by Gasteiger charge is -2.22. The second-order valence-corrected chi connectivity index (χ2v) is 6.06. The number of fused-ring (bicyclic) bond motifs is 3. The Morgan fingerprint density at radius 3 is 2.75 bits per heavy atom. The van der Waals surface area contributed by atoms with Crippen molar-refractivity contribution >= 4 is 22.8 Å². The van der Waals surface area contributed by atoms with Crippen molar-refractivity contribution in [1.82, 2.24) is 9.47 Å². The SMILES string of the molecule is COC(=O)Cn1c2c(c3cc(OC)ccc31)CCCCN(C)C2=O. The second-order valence-electron chi connectivity index (χ2n) is 6.06. The summed E-state index contributed by atoms with van der Waals surface area (Å²) in [5.74, 6) is 0.315. The highest BCUT2D eigenvalue weighted by Crippen LogP contribution is 2.32. The quantitative estimate of drug-likeness (QED) is 0.810. The zero-order valence-corrected chi connectivity index (χ0v) is 14.3. The molecule has 0 saturated heterocycles. The average Bonchev–Trinajstić information content (AvgIpc) is 2.88. The zero-order valence-electron chi connectivity index (χ0n) is 14.3. The summed E-state index contributed by atoms with van der Waals surface area (Å²) in [5.41, 5.74) is 2.44. The molecule has 0 spiro atoms. The van der Waals surface area contributed by atoms with Gasteiger partial charge in [0.2, 0.25) is 0 Å². The Labute approximate surface area is 140 Å². The third-order valence-electron chi connectivity index (χ3n) is 4.61. The van der Waals surface area contributed by atoms with Crippen molar-refractivity contribution in [1.29, 1.82) is 0 Å². The molecule has 2 aromatic rings. The Morgan fingerprint density at radius 1 is 1.25 bits per heavy atom. The minimum atomic E-state index is -0.372. The summed E-state index contributed by atoms with van der Waals surface area (Å²) in [6.45, 7) is 0.746. The lowest BCUT2D eigenvalue weighted by Crippen LogP contribution is -2.32. The highest BCUT2D eigenvalue weighted by molar-refractivity contribution is 6.02. The molecule has 0 saturated carbocycles. The number of ether oxygens (including phenoxy) is 2. The topological polar surface area (TPSA) is 60.8 Å². The number of hydrogen-bond acceptors (Lipinski definition) is 4. The normalized spacial score (nSPS) is 15.0. The van der Waals surface area contributed by atoms with Gasteiger partial charge >= 0.3 is 5.97 Å². The first-order chi connectivity index (χ1) is 11.6. The molecular formula is C18H22N2O4. The average molecular weight is 330 g/mol. The number of carbonyl (C=O) groups excluding carboxylic acids is 2. The fraction of sp³-hybridized carbons (Fsp3) is 0.444. The van der Waals surface area contributed by atoms with Crippen LogP contribution in [0, 0.1) is 0 Å². The fourth-order valence-corrected chi connectivity index (χ4v) is 3.32. The third-order valence-corrected chi connectivity index (χ3v) is 4.61. The molecule has 0 aliphatic carbocycles. The van der Waals surface area contributed by atoms with E-state index in [4.69, 9.17) is 9.47 Å². The Morgan fingerprint density at radius 2 is 2.04 bits per heavy atom. The number of benzene rings is 1. The molecule has 1 aliphatic heterocycles. The van der Waals surface area contributed by atoms with Crippen LogP contribution in [0.4, 0.5) is 0 Å². The molecule has 1 aromatic heterocycles. The van der Waals surface area contributed by atoms with Crippen LogP contribution in [0.5, 0.6) is 5.75 Å². The number of aryl methyl sites for hydroxylation is 1. The molecule has 2 heterocycles. The van der Waals surface area contributed by atoms with Gasteiger partial charge in [0.1, 0.15) is 18.0 Å². The van der Waals surface area contributed by atoms with Crippen LogP contribution in [0.15, 0.2) is 18.2 Å². The van der Waals surface area contributed by atoms with E-state index in [2.05, 4.69) is 0 Å². The first kappa shape index (κ1) is 16.4. The van der Waals surface area contributed by atoms with E-state index < -0.39 is 0 Å². The van der Waals surface area contributed by atoms with E-state index in [-0.39, 0.29) is 18.4 Å². The van der Waals surface area contributed by atoms with E-state index in [1.807, 2.05) is 18.2 Å². The number of rotatable bonds is 3. The van der Waals surface area contributed by atoms with Gasteiger partial charge in [0.15, 0.2) is 0 Å². The number of hydrogen-bond donors (Lipinski definition) is 0. The molecule has 1 aromatic carbocycles. The maximum absolute atomic E-state index is 12.9. The van der Waals surface area contributed by atoms with Crippen LogP contribution in [-0.2, 0) is 22.5 Å². The summed E-state index contributed by atoms with van der Waals surface area (Å²) in [4.78, 5) is 26.5. The molecular weight excluding hydrogens is 308 g/mol. The van der Waals surface area contributed by atoms with Gasteiger partial charge < -0.3 is 18.9 Å². The van der Waals surface area contributed by atoms with Gasteiger partial charge in [-0.05, 0) is 43.0 Å². The van der Waals surface area contributed by atoms with E-state index in [0.29, 0.717) is 5.69 Å². The third kappa shape index (κ3) is 2.72. The molecule has 1 amide bonds. The summed E-state index contributed by atoms with van der Waals surface area (Å²) >= 11 is 0. The number of esters is 1. The molecule has 0 fully saturated rings. The number of aromatic nitrogens is 1. The smallest absolute Gasteiger partial charge is 0.325 e. The highest BCUT2D eigenvalue weighted by Gasteiger charge is 2.27. The van der Waals surface area contributed by atoms with E-state index in [0.717, 1.165) is 48.0 Å². The predicted molar refractivity (Wildman–Crippen MR) is 90.4 cm³/mol. The maximum Gasteiger partial charge on any atom is 0.325 e. The van der Waals surface area contributed by atoms with Gasteiger partial charge in [-0.2, -0.15) is 0 Å². The Balaban J connectivity index is 2.27. The predicted octanol–water partition coefficient (Wildman–Crippen LogP) is 2.23. The summed E-state index contributed by atoms with van der Waals surface area (Å²) in [6, 6.07) is 5.68. The molecule has 3 rings (SSSR count). The second kappa shape index (κ2) is 6.55. The zero-order chi connectivity index (χ0) is 17.3. The Bertz CT molecular complexity index is 794. The van der Waals surface area contributed by atoms with Crippen molar-refractivity contribution < 1.29 is 19.1 Å². The molecule has 1 aliphatic rings. The van der Waals surface area contributed by atoms with Crippen molar-refractivity contribution in [3.05, 3.63) is 29.5 Å². The van der Waals surface area contributed by atoms with Gasteiger partial charge in [-0.3, -0.25) is 9.59 Å². The lowest BCUT2D eigenvalue weighted by molar-refractivity contribution is -0.141. The summed E-state index contributed by atoms with van der Waals surface area (Å²) < 4.78 is 11.9. The minimum absolute atomic E-state index is 0.0221. The summed E-state index contributed by atoms with van der Waals surface area (Å²) in [6.07, 6.45) is 2.78. The number of amides is 1. The molecule has 0 bridgehead atoms. The van der Waals surface area contributed by atoms with Crippen LogP contribution < -0.4 is 4.74 Å². The van der Waals surface area contributed by atoms with Crippen LogP contribution in [0.25, 0.3) is 10.9 Å². The van der Waals surface area contributed by atoms with Gasteiger partial charge in [-0.15, -0.1) is 0 Å². The molecule has 6 heteroatoms. The first-order valence-electron chi connectivity index (χ1n) is 8.08.